The molecule has 0 aliphatic heterocycles. The number of ether oxygens (including phenoxy) is 1. The largest absolute Gasteiger partial charge is 0.384 e. The maximum Gasteiger partial charge on any atom is 0.316 e. The molecule has 0 bridgehead atoms. The van der Waals surface area contributed by atoms with Crippen molar-refractivity contribution in [3.05, 3.63) is 59.7 Å². The molecule has 2 aromatic carbocycles. The lowest BCUT2D eigenvalue weighted by Crippen LogP contribution is -2.26. The van der Waals surface area contributed by atoms with Crippen molar-refractivity contribution in [2.75, 3.05) is 24.8 Å². The number of nitrogens with two attached hydrogens (primary N) is 1. The van der Waals surface area contributed by atoms with Gasteiger partial charge in [0.25, 0.3) is 5.91 Å². The van der Waals surface area contributed by atoms with E-state index in [0.717, 1.165) is 5.56 Å². The summed E-state index contributed by atoms with van der Waals surface area (Å²) < 4.78 is 29.0. The van der Waals surface area contributed by atoms with Gasteiger partial charge in [0.1, 0.15) is 0 Å². The summed E-state index contributed by atoms with van der Waals surface area (Å²) in [7, 11) is -2.00. The number of benzene rings is 2. The van der Waals surface area contributed by atoms with Gasteiger partial charge in [0.2, 0.25) is 0 Å². The third-order valence-electron chi connectivity index (χ3n) is 4.06. The predicted molar refractivity (Wildman–Crippen MR) is 106 cm³/mol. The number of carbonyl (C=O) groups is 2. The SMILES string of the molecule is COCCS(=O)(=O)c1ccc(C(=O)NC(C)c2ccc(NC(N)=O)cc2)cc1. The molecule has 0 aliphatic carbocycles. The van der Waals surface area contributed by atoms with E-state index in [9.17, 15) is 18.0 Å². The van der Waals surface area contributed by atoms with Crippen LogP contribution < -0.4 is 16.4 Å². The first kappa shape index (κ1) is 21.4. The minimum atomic E-state index is -3.44. The standard InChI is InChI=1S/C19H23N3O5S/c1-13(14-3-7-16(8-4-14)22-19(20)24)21-18(23)15-5-9-17(10-6-15)28(25,26)12-11-27-2/h3-10,13H,11-12H2,1-2H3,(H,21,23)(H3,20,22,24). The summed E-state index contributed by atoms with van der Waals surface area (Å²) in [5, 5.41) is 5.31. The molecule has 2 rings (SSSR count). The second-order valence-corrected chi connectivity index (χ2v) is 8.25. The molecule has 0 saturated heterocycles. The average Bonchev–Trinajstić information content (AvgIpc) is 2.66. The molecule has 8 nitrogen and oxygen atoms in total. The van der Waals surface area contributed by atoms with Gasteiger partial charge < -0.3 is 21.1 Å². The van der Waals surface area contributed by atoms with Gasteiger partial charge in [-0.05, 0) is 48.9 Å². The van der Waals surface area contributed by atoms with Gasteiger partial charge in [-0.2, -0.15) is 0 Å². The molecule has 0 heterocycles. The van der Waals surface area contributed by atoms with Crippen LogP contribution in [0, 0.1) is 0 Å². The second kappa shape index (κ2) is 9.34. The highest BCUT2D eigenvalue weighted by molar-refractivity contribution is 7.91. The van der Waals surface area contributed by atoms with Crippen LogP contribution in [-0.2, 0) is 14.6 Å². The fourth-order valence-corrected chi connectivity index (χ4v) is 3.66. The Labute approximate surface area is 164 Å². The maximum atomic E-state index is 12.4. The molecule has 3 amide bonds. The average molecular weight is 405 g/mol. The van der Waals surface area contributed by atoms with E-state index < -0.39 is 15.9 Å². The molecular weight excluding hydrogens is 382 g/mol. The van der Waals surface area contributed by atoms with Crippen LogP contribution in [0.15, 0.2) is 53.4 Å². The van der Waals surface area contributed by atoms with Gasteiger partial charge in [0.15, 0.2) is 9.84 Å². The van der Waals surface area contributed by atoms with Gasteiger partial charge in [-0.15, -0.1) is 0 Å². The van der Waals surface area contributed by atoms with Gasteiger partial charge in [0, 0.05) is 18.4 Å². The Morgan fingerprint density at radius 1 is 1.07 bits per heavy atom. The normalized spacial score (nSPS) is 12.2. The number of hydrogen-bond acceptors (Lipinski definition) is 5. The monoisotopic (exact) mass is 405 g/mol. The van der Waals surface area contributed by atoms with Crippen molar-refractivity contribution in [1.29, 1.82) is 0 Å². The zero-order valence-corrected chi connectivity index (χ0v) is 16.5. The molecular formula is C19H23N3O5S. The first-order valence-electron chi connectivity index (χ1n) is 8.52. The zero-order chi connectivity index (χ0) is 20.7. The fraction of sp³-hybridized carbons (Fsp3) is 0.263. The van der Waals surface area contributed by atoms with E-state index in [-0.39, 0.29) is 29.2 Å². The topological polar surface area (TPSA) is 128 Å². The number of rotatable bonds is 8. The molecule has 150 valence electrons. The fourth-order valence-electron chi connectivity index (χ4n) is 2.49. The molecule has 4 N–H and O–H groups in total. The van der Waals surface area contributed by atoms with Crippen LogP contribution in [0.2, 0.25) is 0 Å². The van der Waals surface area contributed by atoms with Crippen molar-refractivity contribution in [1.82, 2.24) is 5.32 Å². The molecule has 1 atom stereocenters. The lowest BCUT2D eigenvalue weighted by Gasteiger charge is -2.15. The minimum absolute atomic E-state index is 0.107. The summed E-state index contributed by atoms with van der Waals surface area (Å²) in [6.07, 6.45) is 0. The number of sulfone groups is 1. The van der Waals surface area contributed by atoms with Crippen molar-refractivity contribution >= 4 is 27.5 Å². The summed E-state index contributed by atoms with van der Waals surface area (Å²) in [5.41, 5.74) is 6.81. The Bertz CT molecular complexity index is 925. The number of nitrogens with one attached hydrogen (secondary N) is 2. The number of carbonyl (C=O) groups excluding carboxylic acids is 2. The van der Waals surface area contributed by atoms with Crippen LogP contribution in [0.3, 0.4) is 0 Å². The number of hydrogen-bond donors (Lipinski definition) is 3. The van der Waals surface area contributed by atoms with E-state index in [4.69, 9.17) is 10.5 Å². The minimum Gasteiger partial charge on any atom is -0.384 e. The first-order valence-corrected chi connectivity index (χ1v) is 10.2. The highest BCUT2D eigenvalue weighted by Crippen LogP contribution is 2.17. The molecule has 2 aromatic rings. The number of amides is 3. The van der Waals surface area contributed by atoms with Crippen LogP contribution in [-0.4, -0.2) is 39.8 Å². The van der Waals surface area contributed by atoms with Crippen LogP contribution in [0.1, 0.15) is 28.9 Å². The van der Waals surface area contributed by atoms with Gasteiger partial charge >= 0.3 is 6.03 Å². The summed E-state index contributed by atoms with van der Waals surface area (Å²) in [6.45, 7) is 1.92. The molecule has 0 aromatic heterocycles. The van der Waals surface area contributed by atoms with Crippen molar-refractivity contribution in [2.45, 2.75) is 17.9 Å². The number of methoxy groups -OCH3 is 1. The van der Waals surface area contributed by atoms with E-state index in [2.05, 4.69) is 10.6 Å². The molecule has 0 fully saturated rings. The number of primary amides is 1. The summed E-state index contributed by atoms with van der Waals surface area (Å²) in [4.78, 5) is 23.4. The highest BCUT2D eigenvalue weighted by Gasteiger charge is 2.16. The smallest absolute Gasteiger partial charge is 0.316 e. The van der Waals surface area contributed by atoms with Crippen molar-refractivity contribution in [3.63, 3.8) is 0 Å². The lowest BCUT2D eigenvalue weighted by atomic mass is 10.1. The van der Waals surface area contributed by atoms with Crippen LogP contribution in [0.25, 0.3) is 0 Å². The molecule has 0 aliphatic rings. The van der Waals surface area contributed by atoms with Crippen LogP contribution >= 0.6 is 0 Å². The number of urea groups is 1. The molecule has 0 saturated carbocycles. The quantitative estimate of drug-likeness (QED) is 0.620. The predicted octanol–water partition coefficient (Wildman–Crippen LogP) is 2.09. The molecule has 1 unspecified atom stereocenters. The summed E-state index contributed by atoms with van der Waals surface area (Å²) in [6, 6.07) is 11.7. The molecule has 0 radical (unpaired) electrons. The maximum absolute atomic E-state index is 12.4. The van der Waals surface area contributed by atoms with Gasteiger partial charge in [0.05, 0.1) is 23.3 Å². The first-order chi connectivity index (χ1) is 13.2. The van der Waals surface area contributed by atoms with Gasteiger partial charge in [-0.25, -0.2) is 13.2 Å². The number of anilines is 1. The Balaban J connectivity index is 2.03. The van der Waals surface area contributed by atoms with Crippen molar-refractivity contribution < 1.29 is 22.7 Å². The van der Waals surface area contributed by atoms with Crippen molar-refractivity contribution in [2.24, 2.45) is 5.73 Å². The van der Waals surface area contributed by atoms with E-state index >= 15 is 0 Å². The molecule has 0 spiro atoms. The van der Waals surface area contributed by atoms with Gasteiger partial charge in [-0.1, -0.05) is 12.1 Å². The molecule has 28 heavy (non-hydrogen) atoms. The van der Waals surface area contributed by atoms with E-state index in [1.165, 1.54) is 31.4 Å². The van der Waals surface area contributed by atoms with Crippen LogP contribution in [0.5, 0.6) is 0 Å². The summed E-state index contributed by atoms with van der Waals surface area (Å²) >= 11 is 0. The Morgan fingerprint density at radius 2 is 1.68 bits per heavy atom. The van der Waals surface area contributed by atoms with Crippen LogP contribution in [0.4, 0.5) is 10.5 Å². The lowest BCUT2D eigenvalue weighted by molar-refractivity contribution is 0.0939. The van der Waals surface area contributed by atoms with E-state index in [1.54, 1.807) is 24.3 Å². The van der Waals surface area contributed by atoms with E-state index in [1.807, 2.05) is 6.92 Å². The Hall–Kier alpha value is -2.91. The summed E-state index contributed by atoms with van der Waals surface area (Å²) in [5.74, 6) is -0.445. The molecule has 9 heteroatoms. The van der Waals surface area contributed by atoms with E-state index in [0.29, 0.717) is 11.3 Å². The Kier molecular flexibility index (Phi) is 7.13. The second-order valence-electron chi connectivity index (χ2n) is 6.14. The highest BCUT2D eigenvalue weighted by atomic mass is 32.2. The van der Waals surface area contributed by atoms with Gasteiger partial charge in [-0.3, -0.25) is 4.79 Å². The van der Waals surface area contributed by atoms with Crippen molar-refractivity contribution in [3.8, 4) is 0 Å². The zero-order valence-electron chi connectivity index (χ0n) is 15.6. The third kappa shape index (κ3) is 5.80. The third-order valence-corrected chi connectivity index (χ3v) is 5.75. The Morgan fingerprint density at radius 3 is 2.21 bits per heavy atom.